The molecule has 108 valence electrons. The smallest absolute Gasteiger partial charge is 0.227 e. The van der Waals surface area contributed by atoms with Gasteiger partial charge in [0, 0.05) is 19.1 Å². The summed E-state index contributed by atoms with van der Waals surface area (Å²) in [6.07, 6.45) is 2.65. The summed E-state index contributed by atoms with van der Waals surface area (Å²) < 4.78 is 5.89. The van der Waals surface area contributed by atoms with Gasteiger partial charge in [-0.15, -0.1) is 11.3 Å². The minimum Gasteiger partial charge on any atom is -0.476 e. The molecule has 3 rings (SSSR count). The van der Waals surface area contributed by atoms with E-state index in [1.54, 1.807) is 11.3 Å². The minimum absolute atomic E-state index is 0.646. The van der Waals surface area contributed by atoms with Crippen molar-refractivity contribution in [1.82, 2.24) is 14.9 Å². The fourth-order valence-corrected chi connectivity index (χ4v) is 2.91. The molecule has 5 nitrogen and oxygen atoms in total. The summed E-state index contributed by atoms with van der Waals surface area (Å²) in [5, 5.41) is 6.18. The molecular weight excluding hydrogens is 272 g/mol. The first-order valence-corrected chi connectivity index (χ1v) is 7.98. The van der Waals surface area contributed by atoms with E-state index in [2.05, 4.69) is 27.2 Å². The number of likely N-dealkylation sites (N-methyl/N-ethyl adjacent to an activating group) is 1. The fraction of sp³-hybridized carbons (Fsp3) is 0.571. The van der Waals surface area contributed by atoms with Crippen LogP contribution in [0, 0.1) is 0 Å². The van der Waals surface area contributed by atoms with E-state index in [1.807, 2.05) is 18.4 Å². The molecule has 0 spiro atoms. The Hall–Kier alpha value is -1.40. The number of anilines is 1. The standard InChI is InChI=1S/C14H20N4OS/c1-3-15-14-16-12(11-6-9-20-13(11)17-14)19-8-7-18(2)10-4-5-10/h6,9-10H,3-5,7-8H2,1-2H3,(H,15,16,17). The van der Waals surface area contributed by atoms with Gasteiger partial charge in [-0.25, -0.2) is 4.98 Å². The maximum atomic E-state index is 5.89. The molecule has 2 aromatic heterocycles. The van der Waals surface area contributed by atoms with Crippen LogP contribution >= 0.6 is 11.3 Å². The first kappa shape index (κ1) is 13.6. The van der Waals surface area contributed by atoms with Gasteiger partial charge in [0.2, 0.25) is 11.8 Å². The van der Waals surface area contributed by atoms with Gasteiger partial charge in [0.25, 0.3) is 0 Å². The van der Waals surface area contributed by atoms with Crippen LogP contribution in [0.3, 0.4) is 0 Å². The number of nitrogens with zero attached hydrogens (tertiary/aromatic N) is 3. The molecule has 2 aromatic rings. The Morgan fingerprint density at radius 3 is 3.05 bits per heavy atom. The number of ether oxygens (including phenoxy) is 1. The van der Waals surface area contributed by atoms with Gasteiger partial charge in [0.1, 0.15) is 11.4 Å². The molecule has 2 heterocycles. The van der Waals surface area contributed by atoms with Crippen molar-refractivity contribution < 1.29 is 4.74 Å². The summed E-state index contributed by atoms with van der Waals surface area (Å²) in [7, 11) is 2.16. The zero-order chi connectivity index (χ0) is 13.9. The van der Waals surface area contributed by atoms with E-state index in [9.17, 15) is 0 Å². The van der Waals surface area contributed by atoms with Crippen molar-refractivity contribution in [3.63, 3.8) is 0 Å². The maximum absolute atomic E-state index is 5.89. The van der Waals surface area contributed by atoms with Crippen LogP contribution in [0.4, 0.5) is 5.95 Å². The van der Waals surface area contributed by atoms with Crippen molar-refractivity contribution in [2.24, 2.45) is 0 Å². The zero-order valence-electron chi connectivity index (χ0n) is 11.9. The molecule has 1 N–H and O–H groups in total. The van der Waals surface area contributed by atoms with Crippen LogP contribution in [0.2, 0.25) is 0 Å². The van der Waals surface area contributed by atoms with Gasteiger partial charge in [-0.2, -0.15) is 4.98 Å². The summed E-state index contributed by atoms with van der Waals surface area (Å²) in [6, 6.07) is 2.79. The van der Waals surface area contributed by atoms with E-state index < -0.39 is 0 Å². The first-order valence-electron chi connectivity index (χ1n) is 7.10. The third kappa shape index (κ3) is 3.02. The van der Waals surface area contributed by atoms with Crippen molar-refractivity contribution in [2.75, 3.05) is 32.1 Å². The van der Waals surface area contributed by atoms with Gasteiger partial charge in [-0.3, -0.25) is 0 Å². The van der Waals surface area contributed by atoms with Gasteiger partial charge in [0.15, 0.2) is 0 Å². The Kier molecular flexibility index (Phi) is 4.03. The second kappa shape index (κ2) is 5.93. The molecule has 0 radical (unpaired) electrons. The molecule has 1 aliphatic rings. The van der Waals surface area contributed by atoms with Crippen molar-refractivity contribution in [3.05, 3.63) is 11.4 Å². The lowest BCUT2D eigenvalue weighted by Crippen LogP contribution is -2.26. The number of rotatable bonds is 7. The van der Waals surface area contributed by atoms with Crippen molar-refractivity contribution >= 4 is 27.5 Å². The normalized spacial score (nSPS) is 14.9. The van der Waals surface area contributed by atoms with Gasteiger partial charge in [-0.1, -0.05) is 0 Å². The lowest BCUT2D eigenvalue weighted by molar-refractivity contribution is 0.228. The van der Waals surface area contributed by atoms with Crippen LogP contribution < -0.4 is 10.1 Å². The molecule has 1 fully saturated rings. The number of thiophene rings is 1. The highest BCUT2D eigenvalue weighted by Crippen LogP contribution is 2.28. The fourth-order valence-electron chi connectivity index (χ4n) is 2.16. The van der Waals surface area contributed by atoms with Crippen LogP contribution in [-0.2, 0) is 0 Å². The van der Waals surface area contributed by atoms with Crippen molar-refractivity contribution in [2.45, 2.75) is 25.8 Å². The molecule has 20 heavy (non-hydrogen) atoms. The summed E-state index contributed by atoms with van der Waals surface area (Å²) in [4.78, 5) is 12.3. The third-order valence-electron chi connectivity index (χ3n) is 3.48. The number of aromatic nitrogens is 2. The van der Waals surface area contributed by atoms with E-state index >= 15 is 0 Å². The summed E-state index contributed by atoms with van der Waals surface area (Å²) >= 11 is 1.61. The van der Waals surface area contributed by atoms with E-state index in [1.165, 1.54) is 12.8 Å². The van der Waals surface area contributed by atoms with E-state index in [4.69, 9.17) is 4.74 Å². The predicted octanol–water partition coefficient (Wildman–Crippen LogP) is 2.60. The SMILES string of the molecule is CCNc1nc(OCCN(C)C2CC2)c2ccsc2n1. The average molecular weight is 292 g/mol. The number of fused-ring (bicyclic) bond motifs is 1. The maximum Gasteiger partial charge on any atom is 0.227 e. The largest absolute Gasteiger partial charge is 0.476 e. The Morgan fingerprint density at radius 2 is 2.30 bits per heavy atom. The van der Waals surface area contributed by atoms with Gasteiger partial charge in [-0.05, 0) is 38.3 Å². The third-order valence-corrected chi connectivity index (χ3v) is 4.28. The summed E-state index contributed by atoms with van der Waals surface area (Å²) in [6.45, 7) is 4.45. The van der Waals surface area contributed by atoms with Crippen LogP contribution in [0.25, 0.3) is 10.2 Å². The van der Waals surface area contributed by atoms with E-state index in [-0.39, 0.29) is 0 Å². The van der Waals surface area contributed by atoms with E-state index in [0.717, 1.165) is 29.3 Å². The molecule has 0 atom stereocenters. The topological polar surface area (TPSA) is 50.3 Å². The lowest BCUT2D eigenvalue weighted by Gasteiger charge is -2.16. The Labute approximate surface area is 123 Å². The summed E-state index contributed by atoms with van der Waals surface area (Å²) in [5.74, 6) is 1.34. The molecular formula is C14H20N4OS. The van der Waals surface area contributed by atoms with E-state index in [0.29, 0.717) is 18.4 Å². The van der Waals surface area contributed by atoms with Gasteiger partial charge < -0.3 is 15.0 Å². The number of hydrogen-bond donors (Lipinski definition) is 1. The highest BCUT2D eigenvalue weighted by molar-refractivity contribution is 7.16. The quantitative estimate of drug-likeness (QED) is 0.850. The average Bonchev–Trinajstić information content (AvgIpc) is 3.18. The highest BCUT2D eigenvalue weighted by atomic mass is 32.1. The van der Waals surface area contributed by atoms with Gasteiger partial charge >= 0.3 is 0 Å². The van der Waals surface area contributed by atoms with Crippen molar-refractivity contribution in [1.29, 1.82) is 0 Å². The second-order valence-electron chi connectivity index (χ2n) is 5.08. The molecule has 0 aromatic carbocycles. The zero-order valence-corrected chi connectivity index (χ0v) is 12.7. The Bertz CT molecular complexity index is 582. The molecule has 1 aliphatic carbocycles. The summed E-state index contributed by atoms with van der Waals surface area (Å²) in [5.41, 5.74) is 0. The molecule has 0 aliphatic heterocycles. The monoisotopic (exact) mass is 292 g/mol. The van der Waals surface area contributed by atoms with Crippen LogP contribution in [0.15, 0.2) is 11.4 Å². The molecule has 0 saturated heterocycles. The highest BCUT2D eigenvalue weighted by Gasteiger charge is 2.25. The molecule has 0 bridgehead atoms. The molecule has 0 unspecified atom stereocenters. The molecule has 1 saturated carbocycles. The Morgan fingerprint density at radius 1 is 1.45 bits per heavy atom. The second-order valence-corrected chi connectivity index (χ2v) is 5.98. The first-order chi connectivity index (χ1) is 9.78. The van der Waals surface area contributed by atoms with Crippen LogP contribution in [0.1, 0.15) is 19.8 Å². The molecule has 6 heteroatoms. The van der Waals surface area contributed by atoms with Crippen LogP contribution in [-0.4, -0.2) is 47.7 Å². The minimum atomic E-state index is 0.646. The predicted molar refractivity (Wildman–Crippen MR) is 82.7 cm³/mol. The molecule has 0 amide bonds. The van der Waals surface area contributed by atoms with Gasteiger partial charge in [0.05, 0.1) is 5.39 Å². The lowest BCUT2D eigenvalue weighted by atomic mass is 10.4. The van der Waals surface area contributed by atoms with Crippen LogP contribution in [0.5, 0.6) is 5.88 Å². The number of hydrogen-bond acceptors (Lipinski definition) is 6. The van der Waals surface area contributed by atoms with Crippen molar-refractivity contribution in [3.8, 4) is 5.88 Å². The Balaban J connectivity index is 1.69. The number of nitrogens with one attached hydrogen (secondary N) is 1.